The number of piperidine rings is 2. The number of imide groups is 2. The van der Waals surface area contributed by atoms with Crippen LogP contribution in [0.5, 0.6) is 0 Å². The molecule has 0 radical (unpaired) electrons. The quantitative estimate of drug-likeness (QED) is 0.0658. The number of rotatable bonds is 21. The highest BCUT2D eigenvalue weighted by Crippen LogP contribution is 2.34. The van der Waals surface area contributed by atoms with Gasteiger partial charge in [-0.3, -0.25) is 54.0 Å². The van der Waals surface area contributed by atoms with Crippen LogP contribution in [0.3, 0.4) is 0 Å². The number of unbranched alkanes of at least 4 members (excludes halogenated alkanes) is 1. The van der Waals surface area contributed by atoms with Crippen LogP contribution in [0.2, 0.25) is 0 Å². The molecule has 0 bridgehead atoms. The second-order valence-corrected chi connectivity index (χ2v) is 21.5. The Morgan fingerprint density at radius 3 is 2.46 bits per heavy atom. The summed E-state index contributed by atoms with van der Waals surface area (Å²) in [5.74, 6) is -2.18. The number of hydrogen-bond donors (Lipinski definition) is 7. The molecule has 0 spiro atoms. The molecule has 7 amide bonds. The van der Waals surface area contributed by atoms with E-state index in [0.717, 1.165) is 74.2 Å². The Hall–Kier alpha value is -4.97. The fourth-order valence-electron chi connectivity index (χ4n) is 9.54. The average molecular weight is 980 g/mol. The maximum atomic E-state index is 13.4. The van der Waals surface area contributed by atoms with Crippen molar-refractivity contribution in [2.45, 2.75) is 81.0 Å². The predicted octanol–water partition coefficient (Wildman–Crippen LogP) is 0.318. The SMILES string of the molecule is CN(CCCCNC(=O)CN(C)C1CC(c2cccc(C3CSC(NC(=O)CNC(=O)C4CCN(S(C)(=O)=O)C4)N3)c2)CCN1)CCCNc1cccc2c1C(=O)N(C1CCC(=O)NC1=O)C2=O. The van der Waals surface area contributed by atoms with Crippen LogP contribution in [0.4, 0.5) is 5.69 Å². The van der Waals surface area contributed by atoms with Gasteiger partial charge in [0, 0.05) is 50.1 Å². The zero-order valence-electron chi connectivity index (χ0n) is 39.0. The van der Waals surface area contributed by atoms with Crippen molar-refractivity contribution >= 4 is 68.8 Å². The Kier molecular flexibility index (Phi) is 17.3. The largest absolute Gasteiger partial charge is 0.384 e. The minimum atomic E-state index is -3.36. The van der Waals surface area contributed by atoms with Crippen LogP contribution >= 0.6 is 11.8 Å². The molecule has 5 aliphatic heterocycles. The first-order chi connectivity index (χ1) is 32.5. The summed E-state index contributed by atoms with van der Waals surface area (Å²) in [5, 5.41) is 21.3. The Balaban J connectivity index is 0.754. The van der Waals surface area contributed by atoms with Gasteiger partial charge in [0.1, 0.15) is 11.5 Å². The smallest absolute Gasteiger partial charge is 0.264 e. The van der Waals surface area contributed by atoms with Crippen LogP contribution in [0, 0.1) is 5.92 Å². The van der Waals surface area contributed by atoms with Crippen LogP contribution < -0.4 is 37.2 Å². The third kappa shape index (κ3) is 13.0. The van der Waals surface area contributed by atoms with E-state index >= 15 is 0 Å². The van der Waals surface area contributed by atoms with Crippen molar-refractivity contribution < 1.29 is 42.0 Å². The topological polar surface area (TPSA) is 251 Å². The van der Waals surface area contributed by atoms with E-state index in [1.165, 1.54) is 9.87 Å². The van der Waals surface area contributed by atoms with Gasteiger partial charge in [-0.05, 0) is 108 Å². The Morgan fingerprint density at radius 2 is 1.68 bits per heavy atom. The van der Waals surface area contributed by atoms with Crippen molar-refractivity contribution in [1.29, 1.82) is 0 Å². The van der Waals surface area contributed by atoms with Crippen LogP contribution in [-0.4, -0.2) is 171 Å². The number of thioether (sulfide) groups is 1. The molecule has 2 aromatic carbocycles. The van der Waals surface area contributed by atoms with Gasteiger partial charge in [-0.15, -0.1) is 11.8 Å². The fourth-order valence-corrected chi connectivity index (χ4v) is 11.6. The lowest BCUT2D eigenvalue weighted by Gasteiger charge is -2.36. The minimum absolute atomic E-state index is 0.0192. The first-order valence-electron chi connectivity index (χ1n) is 23.5. The molecule has 4 saturated heterocycles. The van der Waals surface area contributed by atoms with E-state index < -0.39 is 45.6 Å². The molecular formula is C46H65N11O9S2. The van der Waals surface area contributed by atoms with Crippen LogP contribution in [0.15, 0.2) is 42.5 Å². The van der Waals surface area contributed by atoms with Gasteiger partial charge < -0.3 is 31.5 Å². The number of amides is 7. The van der Waals surface area contributed by atoms with Gasteiger partial charge >= 0.3 is 0 Å². The number of hydrogen-bond acceptors (Lipinski definition) is 15. The number of benzene rings is 2. The molecular weight excluding hydrogens is 915 g/mol. The molecule has 370 valence electrons. The summed E-state index contributed by atoms with van der Waals surface area (Å²) in [6.45, 7) is 4.15. The number of nitrogens with one attached hydrogen (secondary N) is 7. The molecule has 68 heavy (non-hydrogen) atoms. The van der Waals surface area contributed by atoms with E-state index in [0.29, 0.717) is 37.7 Å². The van der Waals surface area contributed by atoms with Crippen LogP contribution in [-0.2, 0) is 34.0 Å². The summed E-state index contributed by atoms with van der Waals surface area (Å²) in [6, 6.07) is 12.6. The normalized spacial score (nSPS) is 24.3. The average Bonchev–Trinajstić information content (AvgIpc) is 4.07. The lowest BCUT2D eigenvalue weighted by Crippen LogP contribution is -2.54. The van der Waals surface area contributed by atoms with Gasteiger partial charge in [-0.1, -0.05) is 30.3 Å². The number of sulfonamides is 1. The fraction of sp³-hybridized carbons (Fsp3) is 0.587. The van der Waals surface area contributed by atoms with E-state index in [4.69, 9.17) is 0 Å². The highest BCUT2D eigenvalue weighted by atomic mass is 32.2. The molecule has 0 aromatic heterocycles. The third-order valence-corrected chi connectivity index (χ3v) is 15.7. The summed E-state index contributed by atoms with van der Waals surface area (Å²) < 4.78 is 24.9. The molecule has 22 heteroatoms. The van der Waals surface area contributed by atoms with Crippen molar-refractivity contribution in [2.75, 3.05) is 90.3 Å². The zero-order chi connectivity index (χ0) is 48.5. The van der Waals surface area contributed by atoms with Crippen molar-refractivity contribution in [3.8, 4) is 0 Å². The first-order valence-corrected chi connectivity index (χ1v) is 26.4. The summed E-state index contributed by atoms with van der Waals surface area (Å²) in [4.78, 5) is 94.1. The highest BCUT2D eigenvalue weighted by Gasteiger charge is 2.45. The molecule has 0 aliphatic carbocycles. The van der Waals surface area contributed by atoms with Gasteiger partial charge in [0.05, 0.1) is 42.6 Å². The van der Waals surface area contributed by atoms with Crippen molar-refractivity contribution in [3.05, 3.63) is 64.7 Å². The molecule has 5 heterocycles. The van der Waals surface area contributed by atoms with Gasteiger partial charge in [-0.25, -0.2) is 12.7 Å². The minimum Gasteiger partial charge on any atom is -0.384 e. The zero-order valence-corrected chi connectivity index (χ0v) is 40.6. The maximum Gasteiger partial charge on any atom is 0.264 e. The van der Waals surface area contributed by atoms with Gasteiger partial charge in [0.25, 0.3) is 11.8 Å². The van der Waals surface area contributed by atoms with Crippen LogP contribution in [0.25, 0.3) is 0 Å². The summed E-state index contributed by atoms with van der Waals surface area (Å²) in [6.07, 6.45) is 6.12. The Bertz CT molecular complexity index is 2340. The second kappa shape index (κ2) is 23.1. The van der Waals surface area contributed by atoms with Gasteiger partial charge in [0.2, 0.25) is 39.6 Å². The van der Waals surface area contributed by atoms with Crippen molar-refractivity contribution in [2.24, 2.45) is 5.92 Å². The molecule has 6 unspecified atom stereocenters. The lowest BCUT2D eigenvalue weighted by molar-refractivity contribution is -0.136. The van der Waals surface area contributed by atoms with E-state index in [1.54, 1.807) is 30.0 Å². The second-order valence-electron chi connectivity index (χ2n) is 18.4. The predicted molar refractivity (Wildman–Crippen MR) is 257 cm³/mol. The molecule has 20 nitrogen and oxygen atoms in total. The van der Waals surface area contributed by atoms with Crippen LogP contribution in [0.1, 0.15) is 95.2 Å². The molecule has 7 rings (SSSR count). The summed E-state index contributed by atoms with van der Waals surface area (Å²) >= 11 is 1.59. The van der Waals surface area contributed by atoms with Gasteiger partial charge in [0.15, 0.2) is 0 Å². The van der Waals surface area contributed by atoms with Crippen molar-refractivity contribution in [1.82, 2.24) is 50.9 Å². The Labute approximate surface area is 402 Å². The highest BCUT2D eigenvalue weighted by molar-refractivity contribution is 8.00. The van der Waals surface area contributed by atoms with E-state index in [-0.39, 0.29) is 79.0 Å². The lowest BCUT2D eigenvalue weighted by atomic mass is 9.87. The van der Waals surface area contributed by atoms with Crippen molar-refractivity contribution in [3.63, 3.8) is 0 Å². The number of fused-ring (bicyclic) bond motifs is 1. The standard InChI is InChI=1S/C46H65N11O9S2/c1-54(21-8-18-47-34-12-7-11-33-41(34)45(64)57(44(33)63)36-13-14-38(58)52-43(36)62)20-5-4-17-49-40(60)27-55(2)37-24-30(15-19-48-37)29-9-6-10-31(23-29)35-28-67-46(51-35)53-39(59)25-50-42(61)32-16-22-56(26-32)68(3,65)66/h6-7,9-12,23,30,32,35-37,46-48,51H,4-5,8,13-22,24-28H2,1-3H3,(H,49,60)(H,50,61)(H,53,59)(H,52,58,62). The monoisotopic (exact) mass is 979 g/mol. The third-order valence-electron chi connectivity index (χ3n) is 13.4. The van der Waals surface area contributed by atoms with E-state index in [1.807, 2.05) is 14.1 Å². The molecule has 2 aromatic rings. The van der Waals surface area contributed by atoms with E-state index in [9.17, 15) is 42.0 Å². The molecule has 7 N–H and O–H groups in total. The molecule has 0 saturated carbocycles. The summed E-state index contributed by atoms with van der Waals surface area (Å²) in [5.41, 5.74) is 3.09. The maximum absolute atomic E-state index is 13.4. The number of anilines is 1. The van der Waals surface area contributed by atoms with Gasteiger partial charge in [-0.2, -0.15) is 0 Å². The Morgan fingerprint density at radius 1 is 0.897 bits per heavy atom. The number of carbonyl (C=O) groups is 7. The van der Waals surface area contributed by atoms with E-state index in [2.05, 4.69) is 71.3 Å². The molecule has 5 aliphatic rings. The summed E-state index contributed by atoms with van der Waals surface area (Å²) in [7, 11) is 0.659. The number of carbonyl (C=O) groups excluding carboxylic acids is 7. The number of likely N-dealkylation sites (N-methyl/N-ethyl adjacent to an activating group) is 1. The number of nitrogens with zero attached hydrogens (tertiary/aromatic N) is 4. The molecule has 6 atom stereocenters. The first kappa shape index (κ1) is 50.9. The molecule has 4 fully saturated rings.